The molecule has 3 unspecified atom stereocenters. The molecule has 1 aromatic rings. The zero-order chi connectivity index (χ0) is 13.4. The number of likely N-dealkylation sites (tertiary alicyclic amines) is 1. The van der Waals surface area contributed by atoms with Crippen LogP contribution in [-0.4, -0.2) is 24.5 Å². The molecular weight excluding hydrogens is 279 g/mol. The fraction of sp³-hybridized carbons (Fsp3) is 0.600. The highest BCUT2D eigenvalue weighted by Gasteiger charge is 2.38. The number of hydrogen-bond acceptors (Lipinski definition) is 2. The SMILES string of the molecule is NCC(c1cc(Cl)cc(Cl)c1)N1CC2CCCC2C1. The molecule has 1 aliphatic heterocycles. The number of halogens is 2. The van der Waals surface area contributed by atoms with Gasteiger partial charge < -0.3 is 5.73 Å². The summed E-state index contributed by atoms with van der Waals surface area (Å²) in [7, 11) is 0. The maximum absolute atomic E-state index is 6.11. The van der Waals surface area contributed by atoms with Gasteiger partial charge in [-0.3, -0.25) is 4.90 Å². The first-order chi connectivity index (χ1) is 9.17. The molecule has 0 radical (unpaired) electrons. The molecule has 3 atom stereocenters. The van der Waals surface area contributed by atoms with Gasteiger partial charge in [-0.05, 0) is 48.4 Å². The van der Waals surface area contributed by atoms with E-state index < -0.39 is 0 Å². The van der Waals surface area contributed by atoms with Crippen LogP contribution in [0.1, 0.15) is 30.9 Å². The average Bonchev–Trinajstić information content (AvgIpc) is 2.89. The van der Waals surface area contributed by atoms with Crippen molar-refractivity contribution >= 4 is 23.2 Å². The first kappa shape index (κ1) is 13.7. The van der Waals surface area contributed by atoms with Crippen LogP contribution < -0.4 is 5.73 Å². The van der Waals surface area contributed by atoms with E-state index in [2.05, 4.69) is 4.90 Å². The summed E-state index contributed by atoms with van der Waals surface area (Å²) < 4.78 is 0. The summed E-state index contributed by atoms with van der Waals surface area (Å²) in [5.74, 6) is 1.76. The molecule has 1 saturated heterocycles. The molecule has 0 spiro atoms. The monoisotopic (exact) mass is 298 g/mol. The largest absolute Gasteiger partial charge is 0.329 e. The fourth-order valence-corrected chi connectivity index (χ4v) is 4.33. The van der Waals surface area contributed by atoms with Gasteiger partial charge in [0.2, 0.25) is 0 Å². The minimum absolute atomic E-state index is 0.252. The zero-order valence-corrected chi connectivity index (χ0v) is 12.5. The second-order valence-corrected chi connectivity index (χ2v) is 6.73. The standard InChI is InChI=1S/C15H20Cl2N2/c16-13-4-12(5-14(17)6-13)15(7-18)19-8-10-2-1-3-11(10)9-19/h4-6,10-11,15H,1-3,7-9,18H2. The van der Waals surface area contributed by atoms with Crippen molar-refractivity contribution in [2.45, 2.75) is 25.3 Å². The minimum Gasteiger partial charge on any atom is -0.329 e. The third kappa shape index (κ3) is 2.78. The molecule has 1 heterocycles. The Kier molecular flexibility index (Phi) is 4.04. The molecule has 104 valence electrons. The van der Waals surface area contributed by atoms with Crippen LogP contribution in [-0.2, 0) is 0 Å². The maximum Gasteiger partial charge on any atom is 0.0471 e. The number of hydrogen-bond donors (Lipinski definition) is 1. The van der Waals surface area contributed by atoms with Gasteiger partial charge in [-0.2, -0.15) is 0 Å². The van der Waals surface area contributed by atoms with Crippen LogP contribution in [0, 0.1) is 11.8 Å². The Morgan fingerprint density at radius 3 is 2.21 bits per heavy atom. The van der Waals surface area contributed by atoms with Crippen molar-refractivity contribution in [3.05, 3.63) is 33.8 Å². The Morgan fingerprint density at radius 2 is 1.68 bits per heavy atom. The Balaban J connectivity index is 1.80. The smallest absolute Gasteiger partial charge is 0.0471 e. The van der Waals surface area contributed by atoms with Crippen LogP contribution in [0.4, 0.5) is 0 Å². The molecule has 1 aliphatic carbocycles. The lowest BCUT2D eigenvalue weighted by molar-refractivity contribution is 0.232. The van der Waals surface area contributed by atoms with Gasteiger partial charge in [-0.1, -0.05) is 29.6 Å². The second kappa shape index (κ2) is 5.61. The van der Waals surface area contributed by atoms with Crippen molar-refractivity contribution in [2.24, 2.45) is 17.6 Å². The van der Waals surface area contributed by atoms with Gasteiger partial charge in [-0.15, -0.1) is 0 Å². The van der Waals surface area contributed by atoms with Gasteiger partial charge in [0.1, 0.15) is 0 Å². The van der Waals surface area contributed by atoms with E-state index in [1.165, 1.54) is 32.4 Å². The molecule has 3 rings (SSSR count). The van der Waals surface area contributed by atoms with Gasteiger partial charge >= 0.3 is 0 Å². The van der Waals surface area contributed by atoms with Crippen molar-refractivity contribution in [1.29, 1.82) is 0 Å². The van der Waals surface area contributed by atoms with E-state index in [1.807, 2.05) is 12.1 Å². The van der Waals surface area contributed by atoms with Crippen molar-refractivity contribution in [3.63, 3.8) is 0 Å². The van der Waals surface area contributed by atoms with Crippen LogP contribution in [0.25, 0.3) is 0 Å². The summed E-state index contributed by atoms with van der Waals surface area (Å²) in [6, 6.07) is 6.03. The van der Waals surface area contributed by atoms with Crippen LogP contribution in [0.15, 0.2) is 18.2 Å². The predicted molar refractivity (Wildman–Crippen MR) is 80.7 cm³/mol. The first-order valence-corrected chi connectivity index (χ1v) is 7.83. The molecule has 0 bridgehead atoms. The van der Waals surface area contributed by atoms with E-state index in [0.717, 1.165) is 17.4 Å². The number of rotatable bonds is 3. The highest BCUT2D eigenvalue weighted by atomic mass is 35.5. The summed E-state index contributed by atoms with van der Waals surface area (Å²) >= 11 is 12.2. The van der Waals surface area contributed by atoms with E-state index in [4.69, 9.17) is 28.9 Å². The van der Waals surface area contributed by atoms with Gasteiger partial charge in [0.25, 0.3) is 0 Å². The molecular formula is C15H20Cl2N2. The first-order valence-electron chi connectivity index (χ1n) is 7.07. The highest BCUT2D eigenvalue weighted by Crippen LogP contribution is 2.41. The van der Waals surface area contributed by atoms with Crippen LogP contribution in [0.2, 0.25) is 10.0 Å². The van der Waals surface area contributed by atoms with E-state index in [-0.39, 0.29) is 6.04 Å². The van der Waals surface area contributed by atoms with Gasteiger partial charge in [0, 0.05) is 35.7 Å². The second-order valence-electron chi connectivity index (χ2n) is 5.86. The quantitative estimate of drug-likeness (QED) is 0.921. The number of nitrogens with zero attached hydrogens (tertiary/aromatic N) is 1. The average molecular weight is 299 g/mol. The van der Waals surface area contributed by atoms with E-state index in [0.29, 0.717) is 16.6 Å². The third-order valence-corrected chi connectivity index (χ3v) is 5.12. The van der Waals surface area contributed by atoms with E-state index in [9.17, 15) is 0 Å². The minimum atomic E-state index is 0.252. The van der Waals surface area contributed by atoms with Gasteiger partial charge in [0.05, 0.1) is 0 Å². The zero-order valence-electron chi connectivity index (χ0n) is 11.0. The molecule has 2 N–H and O–H groups in total. The van der Waals surface area contributed by atoms with Crippen molar-refractivity contribution in [1.82, 2.24) is 4.90 Å². The predicted octanol–water partition coefficient (Wildman–Crippen LogP) is 3.73. The summed E-state index contributed by atoms with van der Waals surface area (Å²) in [5, 5.41) is 1.39. The van der Waals surface area contributed by atoms with Crippen LogP contribution >= 0.6 is 23.2 Å². The van der Waals surface area contributed by atoms with E-state index in [1.54, 1.807) is 6.07 Å². The summed E-state index contributed by atoms with van der Waals surface area (Å²) in [4.78, 5) is 2.52. The summed E-state index contributed by atoms with van der Waals surface area (Å²) in [6.45, 7) is 2.98. The van der Waals surface area contributed by atoms with Gasteiger partial charge in [0.15, 0.2) is 0 Å². The highest BCUT2D eigenvalue weighted by molar-refractivity contribution is 6.34. The normalized spacial score (nSPS) is 28.6. The lowest BCUT2D eigenvalue weighted by Gasteiger charge is -2.28. The van der Waals surface area contributed by atoms with Crippen molar-refractivity contribution in [2.75, 3.05) is 19.6 Å². The summed E-state index contributed by atoms with van der Waals surface area (Å²) in [6.07, 6.45) is 4.17. The molecule has 2 nitrogen and oxygen atoms in total. The molecule has 4 heteroatoms. The van der Waals surface area contributed by atoms with Crippen LogP contribution in [0.5, 0.6) is 0 Å². The Labute approximate surface area is 124 Å². The molecule has 2 aliphatic rings. The lowest BCUT2D eigenvalue weighted by atomic mass is 10.0. The van der Waals surface area contributed by atoms with E-state index >= 15 is 0 Å². The Morgan fingerprint density at radius 1 is 1.11 bits per heavy atom. The van der Waals surface area contributed by atoms with Crippen molar-refractivity contribution < 1.29 is 0 Å². The molecule has 0 aromatic heterocycles. The Hall–Kier alpha value is -0.280. The molecule has 1 saturated carbocycles. The summed E-state index contributed by atoms with van der Waals surface area (Å²) in [5.41, 5.74) is 7.16. The fourth-order valence-electron chi connectivity index (χ4n) is 3.79. The molecule has 2 fully saturated rings. The number of nitrogens with two attached hydrogens (primary N) is 1. The Bertz CT molecular complexity index is 431. The number of fused-ring (bicyclic) bond motifs is 1. The maximum atomic E-state index is 6.11. The lowest BCUT2D eigenvalue weighted by Crippen LogP contribution is -2.32. The number of benzene rings is 1. The third-order valence-electron chi connectivity index (χ3n) is 4.69. The molecule has 0 amide bonds. The topological polar surface area (TPSA) is 29.3 Å². The molecule has 19 heavy (non-hydrogen) atoms. The van der Waals surface area contributed by atoms with Crippen LogP contribution in [0.3, 0.4) is 0 Å². The van der Waals surface area contributed by atoms with Gasteiger partial charge in [-0.25, -0.2) is 0 Å². The van der Waals surface area contributed by atoms with Crippen molar-refractivity contribution in [3.8, 4) is 0 Å². The molecule has 1 aromatic carbocycles.